The number of anilines is 1. The number of hydrogen-bond donors (Lipinski definition) is 1. The molecule has 0 saturated carbocycles. The minimum atomic E-state index is -1.16. The van der Waals surface area contributed by atoms with Crippen molar-refractivity contribution in [1.82, 2.24) is 9.97 Å². The van der Waals surface area contributed by atoms with Crippen molar-refractivity contribution < 1.29 is 19.1 Å². The molecule has 7 nitrogen and oxygen atoms in total. The predicted molar refractivity (Wildman–Crippen MR) is 103 cm³/mol. The van der Waals surface area contributed by atoms with Gasteiger partial charge in [0.05, 0.1) is 18.5 Å². The van der Waals surface area contributed by atoms with Gasteiger partial charge >= 0.3 is 5.97 Å². The third kappa shape index (κ3) is 4.70. The number of carbonyl (C=O) groups excluding carboxylic acids is 2. The number of carbonyl (C=O) groups is 2. The summed E-state index contributed by atoms with van der Waals surface area (Å²) in [6.07, 6.45) is 2.95. The Morgan fingerprint density at radius 1 is 1.04 bits per heavy atom. The van der Waals surface area contributed by atoms with Crippen LogP contribution in [0.3, 0.4) is 0 Å². The second-order valence-electron chi connectivity index (χ2n) is 5.71. The van der Waals surface area contributed by atoms with Crippen molar-refractivity contribution >= 4 is 17.6 Å². The Morgan fingerprint density at radius 3 is 2.50 bits per heavy atom. The van der Waals surface area contributed by atoms with Crippen LogP contribution in [-0.4, -0.2) is 28.5 Å². The second-order valence-corrected chi connectivity index (χ2v) is 5.71. The van der Waals surface area contributed by atoms with Gasteiger partial charge in [0.1, 0.15) is 5.75 Å². The summed E-state index contributed by atoms with van der Waals surface area (Å²) in [7, 11) is 0. The number of nitrogens with zero attached hydrogens (tertiary/aromatic N) is 2. The number of ether oxygens (including phenoxy) is 2. The van der Waals surface area contributed by atoms with E-state index in [1.807, 2.05) is 19.1 Å². The van der Waals surface area contributed by atoms with Gasteiger partial charge in [-0.3, -0.25) is 9.78 Å². The van der Waals surface area contributed by atoms with Gasteiger partial charge in [-0.25, -0.2) is 9.78 Å². The molecule has 1 amide bonds. The first-order valence-corrected chi connectivity index (χ1v) is 8.73. The molecule has 0 aliphatic heterocycles. The van der Waals surface area contributed by atoms with Crippen LogP contribution in [0.1, 0.15) is 29.1 Å². The summed E-state index contributed by atoms with van der Waals surface area (Å²) in [6.45, 7) is 2.31. The van der Waals surface area contributed by atoms with E-state index in [1.165, 1.54) is 18.6 Å². The van der Waals surface area contributed by atoms with Crippen LogP contribution in [0.2, 0.25) is 0 Å². The summed E-state index contributed by atoms with van der Waals surface area (Å²) in [5.74, 6) is -0.712. The monoisotopic (exact) mass is 377 g/mol. The minimum absolute atomic E-state index is 0.0194. The summed E-state index contributed by atoms with van der Waals surface area (Å²) in [6, 6.07) is 15.8. The lowest BCUT2D eigenvalue weighted by Crippen LogP contribution is -2.26. The lowest BCUT2D eigenvalue weighted by molar-refractivity contribution is -0.125. The molecular weight excluding hydrogens is 358 g/mol. The van der Waals surface area contributed by atoms with Gasteiger partial charge in [0.25, 0.3) is 5.91 Å². The number of para-hydroxylation sites is 2. The van der Waals surface area contributed by atoms with Crippen LogP contribution in [0.4, 0.5) is 5.69 Å². The number of nitrogens with one attached hydrogen (secondary N) is 1. The topological polar surface area (TPSA) is 90.4 Å². The van der Waals surface area contributed by atoms with E-state index in [2.05, 4.69) is 15.3 Å². The molecular formula is C21H19N3O4. The van der Waals surface area contributed by atoms with Gasteiger partial charge in [0, 0.05) is 18.0 Å². The number of benzene rings is 2. The fourth-order valence-electron chi connectivity index (χ4n) is 2.52. The quantitative estimate of drug-likeness (QED) is 0.635. The van der Waals surface area contributed by atoms with Gasteiger partial charge < -0.3 is 14.8 Å². The second kappa shape index (κ2) is 9.27. The van der Waals surface area contributed by atoms with E-state index < -0.39 is 18.0 Å². The maximum atomic E-state index is 13.0. The van der Waals surface area contributed by atoms with Crippen LogP contribution in [0.5, 0.6) is 5.75 Å². The van der Waals surface area contributed by atoms with Crippen molar-refractivity contribution in [2.24, 2.45) is 0 Å². The summed E-state index contributed by atoms with van der Waals surface area (Å²) in [5, 5.41) is 2.77. The average molecular weight is 377 g/mol. The molecule has 3 rings (SSSR count). The Kier molecular flexibility index (Phi) is 6.30. The van der Waals surface area contributed by atoms with Crippen LogP contribution in [0, 0.1) is 0 Å². The van der Waals surface area contributed by atoms with Crippen molar-refractivity contribution in [2.75, 3.05) is 11.9 Å². The summed E-state index contributed by atoms with van der Waals surface area (Å²) in [4.78, 5) is 33.2. The zero-order chi connectivity index (χ0) is 19.8. The number of aromatic nitrogens is 2. The molecule has 142 valence electrons. The van der Waals surface area contributed by atoms with Crippen molar-refractivity contribution in [1.29, 1.82) is 0 Å². The molecule has 28 heavy (non-hydrogen) atoms. The van der Waals surface area contributed by atoms with Gasteiger partial charge in [0.15, 0.2) is 5.69 Å². The fourth-order valence-corrected chi connectivity index (χ4v) is 2.52. The Labute approximate surface area is 162 Å². The molecule has 1 aromatic heterocycles. The summed E-state index contributed by atoms with van der Waals surface area (Å²) in [5.41, 5.74) is 1.04. The first-order valence-electron chi connectivity index (χ1n) is 8.73. The molecule has 0 saturated heterocycles. The fraction of sp³-hybridized carbons (Fsp3) is 0.143. The van der Waals surface area contributed by atoms with Crippen LogP contribution in [0.25, 0.3) is 0 Å². The van der Waals surface area contributed by atoms with Crippen molar-refractivity contribution in [3.05, 3.63) is 84.4 Å². The Hall–Kier alpha value is -3.74. The molecule has 2 aromatic carbocycles. The highest BCUT2D eigenvalue weighted by Gasteiger charge is 2.27. The van der Waals surface area contributed by atoms with E-state index in [0.717, 1.165) is 0 Å². The molecule has 7 heteroatoms. The number of rotatable bonds is 7. The van der Waals surface area contributed by atoms with Gasteiger partial charge in [0.2, 0.25) is 6.10 Å². The number of amides is 1. The molecule has 1 heterocycles. The molecule has 0 aliphatic rings. The highest BCUT2D eigenvalue weighted by Crippen LogP contribution is 2.27. The van der Waals surface area contributed by atoms with E-state index in [9.17, 15) is 9.59 Å². The molecule has 0 bridgehead atoms. The lowest BCUT2D eigenvalue weighted by Gasteiger charge is -2.19. The summed E-state index contributed by atoms with van der Waals surface area (Å²) < 4.78 is 11.0. The summed E-state index contributed by atoms with van der Waals surface area (Å²) >= 11 is 0. The molecule has 3 aromatic rings. The first kappa shape index (κ1) is 19.0. The largest absolute Gasteiger partial charge is 0.492 e. The average Bonchev–Trinajstić information content (AvgIpc) is 2.74. The van der Waals surface area contributed by atoms with E-state index in [0.29, 0.717) is 23.6 Å². The third-order valence-electron chi connectivity index (χ3n) is 3.78. The third-order valence-corrected chi connectivity index (χ3v) is 3.78. The minimum Gasteiger partial charge on any atom is -0.492 e. The first-order chi connectivity index (χ1) is 13.7. The molecule has 0 radical (unpaired) electrons. The molecule has 1 N–H and O–H groups in total. The maximum Gasteiger partial charge on any atom is 0.359 e. The van der Waals surface area contributed by atoms with Crippen LogP contribution in [0.15, 0.2) is 73.2 Å². The zero-order valence-electron chi connectivity index (χ0n) is 15.2. The van der Waals surface area contributed by atoms with Gasteiger partial charge in [-0.1, -0.05) is 42.5 Å². The Bertz CT molecular complexity index is 933. The smallest absolute Gasteiger partial charge is 0.359 e. The van der Waals surface area contributed by atoms with E-state index >= 15 is 0 Å². The molecule has 0 spiro atoms. The van der Waals surface area contributed by atoms with Gasteiger partial charge in [-0.2, -0.15) is 0 Å². The number of hydrogen-bond acceptors (Lipinski definition) is 6. The van der Waals surface area contributed by atoms with E-state index in [1.54, 1.807) is 42.5 Å². The van der Waals surface area contributed by atoms with Crippen LogP contribution >= 0.6 is 0 Å². The van der Waals surface area contributed by atoms with E-state index in [-0.39, 0.29) is 5.69 Å². The van der Waals surface area contributed by atoms with Crippen molar-refractivity contribution in [3.63, 3.8) is 0 Å². The Balaban J connectivity index is 1.85. The number of esters is 1. The normalized spacial score (nSPS) is 11.3. The van der Waals surface area contributed by atoms with E-state index in [4.69, 9.17) is 9.47 Å². The zero-order valence-corrected chi connectivity index (χ0v) is 15.2. The van der Waals surface area contributed by atoms with Crippen LogP contribution < -0.4 is 10.1 Å². The molecule has 0 aliphatic carbocycles. The molecule has 1 atom stereocenters. The van der Waals surface area contributed by atoms with Crippen molar-refractivity contribution in [2.45, 2.75) is 13.0 Å². The van der Waals surface area contributed by atoms with Gasteiger partial charge in [-0.15, -0.1) is 0 Å². The highest BCUT2D eigenvalue weighted by molar-refractivity contribution is 5.98. The predicted octanol–water partition coefficient (Wildman–Crippen LogP) is 3.41. The van der Waals surface area contributed by atoms with Crippen LogP contribution in [-0.2, 0) is 9.53 Å². The standard InChI is InChI=1S/C21H19N3O4/c1-2-27-18-11-7-6-10-16(18)24-20(25)19(15-8-4-3-5-9-15)28-21(26)17-14-22-12-13-23-17/h3-14,19H,2H2,1H3,(H,24,25)/t19-/m1/s1. The van der Waals surface area contributed by atoms with Gasteiger partial charge in [-0.05, 0) is 19.1 Å². The SMILES string of the molecule is CCOc1ccccc1NC(=O)[C@H](OC(=O)c1cnccn1)c1ccccc1. The Morgan fingerprint density at radius 2 is 1.79 bits per heavy atom. The maximum absolute atomic E-state index is 13.0. The molecule has 0 unspecified atom stereocenters. The van der Waals surface area contributed by atoms with Crippen molar-refractivity contribution in [3.8, 4) is 5.75 Å². The highest BCUT2D eigenvalue weighted by atomic mass is 16.5. The molecule has 0 fully saturated rings. The lowest BCUT2D eigenvalue weighted by atomic mass is 10.1.